The highest BCUT2D eigenvalue weighted by Gasteiger charge is 2.04. The largest absolute Gasteiger partial charge is 0.489 e. The van der Waals surface area contributed by atoms with Gasteiger partial charge in [-0.1, -0.05) is 66.7 Å². The van der Waals surface area contributed by atoms with Gasteiger partial charge < -0.3 is 10.1 Å². The van der Waals surface area contributed by atoms with E-state index in [-0.39, 0.29) is 0 Å². The summed E-state index contributed by atoms with van der Waals surface area (Å²) in [5, 5.41) is 3.56. The predicted molar refractivity (Wildman–Crippen MR) is 104 cm³/mol. The van der Waals surface area contributed by atoms with E-state index in [1.165, 1.54) is 22.3 Å². The minimum Gasteiger partial charge on any atom is -0.489 e. The van der Waals surface area contributed by atoms with Crippen molar-refractivity contribution >= 4 is 0 Å². The second-order valence-corrected chi connectivity index (χ2v) is 6.37. The third kappa shape index (κ3) is 4.94. The molecule has 25 heavy (non-hydrogen) atoms. The van der Waals surface area contributed by atoms with Crippen LogP contribution in [0.5, 0.6) is 5.75 Å². The molecule has 0 heterocycles. The Labute approximate surface area is 150 Å². The van der Waals surface area contributed by atoms with E-state index in [0.29, 0.717) is 12.6 Å². The van der Waals surface area contributed by atoms with Crippen molar-refractivity contribution in [1.29, 1.82) is 0 Å². The minimum absolute atomic E-state index is 0.332. The van der Waals surface area contributed by atoms with Gasteiger partial charge in [-0.2, -0.15) is 0 Å². The smallest absolute Gasteiger partial charge is 0.119 e. The third-order valence-corrected chi connectivity index (χ3v) is 4.49. The first-order chi connectivity index (χ1) is 12.2. The van der Waals surface area contributed by atoms with Crippen molar-refractivity contribution in [3.63, 3.8) is 0 Å². The van der Waals surface area contributed by atoms with Gasteiger partial charge in [0.1, 0.15) is 12.4 Å². The summed E-state index contributed by atoms with van der Waals surface area (Å²) in [7, 11) is 0. The van der Waals surface area contributed by atoms with Crippen molar-refractivity contribution in [2.45, 2.75) is 33.0 Å². The molecule has 0 aliphatic heterocycles. The lowest BCUT2D eigenvalue weighted by molar-refractivity contribution is 0.305. The molecule has 128 valence electrons. The van der Waals surface area contributed by atoms with Crippen LogP contribution in [0.1, 0.15) is 35.2 Å². The second kappa shape index (κ2) is 8.50. The van der Waals surface area contributed by atoms with Gasteiger partial charge in [0.2, 0.25) is 0 Å². The highest BCUT2D eigenvalue weighted by molar-refractivity contribution is 5.29. The quantitative estimate of drug-likeness (QED) is 0.624. The number of rotatable bonds is 7. The summed E-state index contributed by atoms with van der Waals surface area (Å²) in [6, 6.07) is 27.5. The van der Waals surface area contributed by atoms with Crippen LogP contribution in [-0.2, 0) is 13.2 Å². The molecule has 1 N–H and O–H groups in total. The van der Waals surface area contributed by atoms with Crippen molar-refractivity contribution in [2.24, 2.45) is 0 Å². The molecule has 0 saturated carbocycles. The Morgan fingerprint density at radius 3 is 2.24 bits per heavy atom. The molecule has 0 bridgehead atoms. The molecule has 0 spiro atoms. The van der Waals surface area contributed by atoms with Crippen molar-refractivity contribution < 1.29 is 4.74 Å². The standard InChI is InChI=1S/C23H25NO/c1-18-8-6-7-11-22(18)17-25-23-14-12-20(13-15-23)16-24-19(2)21-9-4-3-5-10-21/h3-15,19,24H,16-17H2,1-2H3. The Kier molecular flexibility index (Phi) is 5.86. The average molecular weight is 331 g/mol. The topological polar surface area (TPSA) is 21.3 Å². The molecule has 0 aliphatic carbocycles. The molecule has 0 amide bonds. The van der Waals surface area contributed by atoms with Gasteiger partial charge in [0.25, 0.3) is 0 Å². The van der Waals surface area contributed by atoms with Crippen LogP contribution in [0.4, 0.5) is 0 Å². The average Bonchev–Trinajstić information content (AvgIpc) is 2.67. The minimum atomic E-state index is 0.332. The zero-order valence-electron chi connectivity index (χ0n) is 14.9. The van der Waals surface area contributed by atoms with Crippen LogP contribution in [0.2, 0.25) is 0 Å². The molecule has 3 aromatic carbocycles. The summed E-state index contributed by atoms with van der Waals surface area (Å²) >= 11 is 0. The molecule has 0 saturated heterocycles. The first kappa shape index (κ1) is 17.2. The van der Waals surface area contributed by atoms with Gasteiger partial charge in [0.05, 0.1) is 0 Å². The van der Waals surface area contributed by atoms with Gasteiger partial charge in [-0.05, 0) is 48.2 Å². The third-order valence-electron chi connectivity index (χ3n) is 4.49. The van der Waals surface area contributed by atoms with Crippen LogP contribution in [-0.4, -0.2) is 0 Å². The van der Waals surface area contributed by atoms with E-state index < -0.39 is 0 Å². The molecule has 1 atom stereocenters. The Bertz CT molecular complexity index is 781. The van der Waals surface area contributed by atoms with Gasteiger partial charge in [0, 0.05) is 12.6 Å². The van der Waals surface area contributed by atoms with Crippen molar-refractivity contribution in [3.8, 4) is 5.75 Å². The number of benzene rings is 3. The van der Waals surface area contributed by atoms with Crippen LogP contribution in [0, 0.1) is 6.92 Å². The lowest BCUT2D eigenvalue weighted by atomic mass is 10.1. The summed E-state index contributed by atoms with van der Waals surface area (Å²) in [4.78, 5) is 0. The van der Waals surface area contributed by atoms with Gasteiger partial charge >= 0.3 is 0 Å². The number of hydrogen-bond donors (Lipinski definition) is 1. The Balaban J connectivity index is 1.51. The van der Waals surface area contributed by atoms with E-state index >= 15 is 0 Å². The fourth-order valence-electron chi connectivity index (χ4n) is 2.77. The molecule has 0 radical (unpaired) electrons. The summed E-state index contributed by atoms with van der Waals surface area (Å²) in [6.07, 6.45) is 0. The molecule has 0 fully saturated rings. The number of hydrogen-bond acceptors (Lipinski definition) is 2. The summed E-state index contributed by atoms with van der Waals surface area (Å²) in [5.41, 5.74) is 5.05. The molecule has 0 aromatic heterocycles. The maximum Gasteiger partial charge on any atom is 0.119 e. The van der Waals surface area contributed by atoms with E-state index in [4.69, 9.17) is 4.74 Å². The monoisotopic (exact) mass is 331 g/mol. The van der Waals surface area contributed by atoms with Crippen LogP contribution in [0.3, 0.4) is 0 Å². The summed E-state index contributed by atoms with van der Waals surface area (Å²) in [6.45, 7) is 5.75. The van der Waals surface area contributed by atoms with E-state index in [1.807, 2.05) is 24.3 Å². The number of aryl methyl sites for hydroxylation is 1. The Morgan fingerprint density at radius 1 is 0.840 bits per heavy atom. The van der Waals surface area contributed by atoms with Crippen LogP contribution in [0.25, 0.3) is 0 Å². The first-order valence-electron chi connectivity index (χ1n) is 8.77. The zero-order valence-corrected chi connectivity index (χ0v) is 14.9. The fraction of sp³-hybridized carbons (Fsp3) is 0.217. The summed E-state index contributed by atoms with van der Waals surface area (Å²) < 4.78 is 5.90. The SMILES string of the molecule is Cc1ccccc1COc1ccc(CNC(C)c2ccccc2)cc1. The van der Waals surface area contributed by atoms with E-state index in [0.717, 1.165) is 12.3 Å². The molecule has 0 aliphatic rings. The Morgan fingerprint density at radius 2 is 1.52 bits per heavy atom. The van der Waals surface area contributed by atoms with Crippen molar-refractivity contribution in [2.75, 3.05) is 0 Å². The highest BCUT2D eigenvalue weighted by Crippen LogP contribution is 2.17. The number of nitrogens with one attached hydrogen (secondary N) is 1. The van der Waals surface area contributed by atoms with Crippen LogP contribution >= 0.6 is 0 Å². The molecule has 3 rings (SSSR count). The lowest BCUT2D eigenvalue weighted by Gasteiger charge is -2.14. The van der Waals surface area contributed by atoms with E-state index in [9.17, 15) is 0 Å². The fourth-order valence-corrected chi connectivity index (χ4v) is 2.77. The van der Waals surface area contributed by atoms with E-state index in [2.05, 4.69) is 73.8 Å². The molecule has 3 aromatic rings. The molecular weight excluding hydrogens is 306 g/mol. The van der Waals surface area contributed by atoms with Gasteiger partial charge in [-0.3, -0.25) is 0 Å². The first-order valence-corrected chi connectivity index (χ1v) is 8.77. The highest BCUT2D eigenvalue weighted by atomic mass is 16.5. The molecular formula is C23H25NO. The number of ether oxygens (including phenoxy) is 1. The molecule has 2 heteroatoms. The normalized spacial score (nSPS) is 11.9. The van der Waals surface area contributed by atoms with Crippen LogP contribution in [0.15, 0.2) is 78.9 Å². The van der Waals surface area contributed by atoms with Gasteiger partial charge in [0.15, 0.2) is 0 Å². The predicted octanol–water partition coefficient (Wildman–Crippen LogP) is 5.42. The van der Waals surface area contributed by atoms with Crippen molar-refractivity contribution in [1.82, 2.24) is 5.32 Å². The van der Waals surface area contributed by atoms with Gasteiger partial charge in [-0.25, -0.2) is 0 Å². The zero-order chi connectivity index (χ0) is 17.5. The maximum atomic E-state index is 5.90. The molecule has 2 nitrogen and oxygen atoms in total. The summed E-state index contributed by atoms with van der Waals surface area (Å²) in [5.74, 6) is 0.906. The van der Waals surface area contributed by atoms with Gasteiger partial charge in [-0.15, -0.1) is 0 Å². The maximum absolute atomic E-state index is 5.90. The molecule has 1 unspecified atom stereocenters. The van der Waals surface area contributed by atoms with Crippen LogP contribution < -0.4 is 10.1 Å². The van der Waals surface area contributed by atoms with Crippen molar-refractivity contribution in [3.05, 3.63) is 101 Å². The second-order valence-electron chi connectivity index (χ2n) is 6.37. The van der Waals surface area contributed by atoms with E-state index in [1.54, 1.807) is 0 Å². The Hall–Kier alpha value is -2.58. The lowest BCUT2D eigenvalue weighted by Crippen LogP contribution is -2.17.